The van der Waals surface area contributed by atoms with E-state index in [1.165, 1.54) is 0 Å². The number of hydrogen-bond acceptors (Lipinski definition) is 4. The Hall–Kier alpha value is -0.940. The summed E-state index contributed by atoms with van der Waals surface area (Å²) in [6, 6.07) is 0. The third-order valence-electron chi connectivity index (χ3n) is 10.1. The molecule has 29 heavy (non-hydrogen) atoms. The van der Waals surface area contributed by atoms with Gasteiger partial charge in [0.05, 0.1) is 12.2 Å². The van der Waals surface area contributed by atoms with Crippen LogP contribution in [-0.4, -0.2) is 39.3 Å². The molecule has 4 aliphatic carbocycles. The average molecular weight is 407 g/mol. The molecule has 164 valence electrons. The number of carboxylic acids is 1. The number of Topliss-reactive ketones (excluding diaryl/α,β-unsaturated/α-hetero) is 1. The van der Waals surface area contributed by atoms with Crippen LogP contribution in [0.15, 0.2) is 0 Å². The van der Waals surface area contributed by atoms with E-state index in [-0.39, 0.29) is 58.9 Å². The highest BCUT2D eigenvalue weighted by molar-refractivity contribution is 5.83. The van der Waals surface area contributed by atoms with Crippen LogP contribution < -0.4 is 0 Å². The minimum Gasteiger partial charge on any atom is -0.481 e. The van der Waals surface area contributed by atoms with E-state index in [2.05, 4.69) is 20.8 Å². The summed E-state index contributed by atoms with van der Waals surface area (Å²) in [6.45, 7) is 6.62. The van der Waals surface area contributed by atoms with E-state index in [1.807, 2.05) is 0 Å². The number of fused-ring (bicyclic) bond motifs is 5. The van der Waals surface area contributed by atoms with Crippen molar-refractivity contribution in [3.8, 4) is 0 Å². The van der Waals surface area contributed by atoms with Gasteiger partial charge in [0.2, 0.25) is 0 Å². The maximum atomic E-state index is 13.4. The molecule has 0 heterocycles. The van der Waals surface area contributed by atoms with Crippen molar-refractivity contribution in [1.82, 2.24) is 0 Å². The summed E-state index contributed by atoms with van der Waals surface area (Å²) in [7, 11) is 0. The number of hydrogen-bond donors (Lipinski definition) is 3. The Labute approximate surface area is 174 Å². The predicted molar refractivity (Wildman–Crippen MR) is 109 cm³/mol. The van der Waals surface area contributed by atoms with Crippen LogP contribution in [0.2, 0.25) is 0 Å². The van der Waals surface area contributed by atoms with Gasteiger partial charge in [-0.15, -0.1) is 0 Å². The molecule has 5 heteroatoms. The van der Waals surface area contributed by atoms with Crippen LogP contribution in [0, 0.1) is 46.3 Å². The van der Waals surface area contributed by atoms with E-state index in [0.29, 0.717) is 25.0 Å². The Morgan fingerprint density at radius 2 is 1.86 bits per heavy atom. The average Bonchev–Trinajstić information content (AvgIpc) is 3.01. The number of rotatable bonds is 4. The van der Waals surface area contributed by atoms with Crippen LogP contribution in [0.5, 0.6) is 0 Å². The van der Waals surface area contributed by atoms with Crippen molar-refractivity contribution in [2.45, 2.75) is 90.8 Å². The van der Waals surface area contributed by atoms with Crippen molar-refractivity contribution in [1.29, 1.82) is 0 Å². The van der Waals surface area contributed by atoms with Crippen molar-refractivity contribution in [2.75, 3.05) is 0 Å². The molecule has 0 aromatic heterocycles. The van der Waals surface area contributed by atoms with E-state index in [4.69, 9.17) is 5.11 Å². The zero-order valence-electron chi connectivity index (χ0n) is 18.1. The van der Waals surface area contributed by atoms with E-state index in [9.17, 15) is 19.8 Å². The van der Waals surface area contributed by atoms with E-state index in [1.54, 1.807) is 0 Å². The fraction of sp³-hybridized carbons (Fsp3) is 0.917. The third-order valence-corrected chi connectivity index (χ3v) is 10.1. The summed E-state index contributed by atoms with van der Waals surface area (Å²) in [4.78, 5) is 24.4. The summed E-state index contributed by atoms with van der Waals surface area (Å²) in [6.07, 6.45) is 5.74. The summed E-state index contributed by atoms with van der Waals surface area (Å²) < 4.78 is 0. The zero-order valence-corrected chi connectivity index (χ0v) is 18.1. The van der Waals surface area contributed by atoms with Crippen LogP contribution in [0.25, 0.3) is 0 Å². The summed E-state index contributed by atoms with van der Waals surface area (Å²) in [5.41, 5.74) is -0.265. The highest BCUT2D eigenvalue weighted by Gasteiger charge is 2.65. The molecule has 0 aliphatic heterocycles. The fourth-order valence-electron chi connectivity index (χ4n) is 8.40. The van der Waals surface area contributed by atoms with E-state index < -0.39 is 12.1 Å². The van der Waals surface area contributed by atoms with Crippen molar-refractivity contribution in [3.05, 3.63) is 0 Å². The molecule has 0 aromatic carbocycles. The second-order valence-corrected chi connectivity index (χ2v) is 11.3. The second-order valence-electron chi connectivity index (χ2n) is 11.3. The van der Waals surface area contributed by atoms with Crippen molar-refractivity contribution >= 4 is 11.8 Å². The molecule has 4 rings (SSSR count). The normalized spacial score (nSPS) is 50.4. The Bertz CT molecular complexity index is 676. The molecule has 0 amide bonds. The van der Waals surface area contributed by atoms with Gasteiger partial charge >= 0.3 is 5.97 Å². The van der Waals surface area contributed by atoms with Gasteiger partial charge in [-0.05, 0) is 80.0 Å². The summed E-state index contributed by atoms with van der Waals surface area (Å²) in [5.74, 6) is 0.775. The Balaban J connectivity index is 1.62. The van der Waals surface area contributed by atoms with Gasteiger partial charge in [0.15, 0.2) is 0 Å². The van der Waals surface area contributed by atoms with Crippen LogP contribution in [0.3, 0.4) is 0 Å². The van der Waals surface area contributed by atoms with Gasteiger partial charge in [-0.25, -0.2) is 0 Å². The van der Waals surface area contributed by atoms with Gasteiger partial charge in [0.25, 0.3) is 0 Å². The van der Waals surface area contributed by atoms with Gasteiger partial charge in [-0.2, -0.15) is 0 Å². The first kappa shape index (κ1) is 21.3. The Morgan fingerprint density at radius 3 is 2.55 bits per heavy atom. The zero-order chi connectivity index (χ0) is 21.1. The molecule has 10 atom stereocenters. The van der Waals surface area contributed by atoms with Crippen molar-refractivity contribution < 1.29 is 24.9 Å². The van der Waals surface area contributed by atoms with E-state index >= 15 is 0 Å². The Kier molecular flexibility index (Phi) is 5.39. The molecular weight excluding hydrogens is 368 g/mol. The fourth-order valence-corrected chi connectivity index (χ4v) is 8.40. The molecule has 0 radical (unpaired) electrons. The first-order valence-electron chi connectivity index (χ1n) is 11.7. The van der Waals surface area contributed by atoms with Gasteiger partial charge < -0.3 is 15.3 Å². The molecule has 3 N–H and O–H groups in total. The van der Waals surface area contributed by atoms with Crippen molar-refractivity contribution in [3.63, 3.8) is 0 Å². The predicted octanol–water partition coefficient (Wildman–Crippen LogP) is 3.66. The number of carboxylic acid groups (broad SMARTS) is 1. The smallest absolute Gasteiger partial charge is 0.303 e. The molecular formula is C24H38O5. The second kappa shape index (κ2) is 7.33. The van der Waals surface area contributed by atoms with Gasteiger partial charge in [-0.3, -0.25) is 9.59 Å². The third kappa shape index (κ3) is 3.18. The monoisotopic (exact) mass is 406 g/mol. The van der Waals surface area contributed by atoms with Crippen LogP contribution in [0.1, 0.15) is 78.6 Å². The molecule has 0 unspecified atom stereocenters. The molecule has 0 spiro atoms. The minimum atomic E-state index is -0.762. The standard InChI is InChI=1S/C24H38O5/c1-13(4-7-21(28)29)16-5-6-17-22-18(12-20(27)24(16,17)3)23(2)9-8-15(25)10-14(23)11-19(22)26/h13-18,20,22,25,27H,4-12H2,1-3H3,(H,28,29)/t13-,14-,15+,16-,17+,18+,20+,22+,23+,24-/m1/s1. The quantitative estimate of drug-likeness (QED) is 0.662. The lowest BCUT2D eigenvalue weighted by Gasteiger charge is -2.61. The summed E-state index contributed by atoms with van der Waals surface area (Å²) >= 11 is 0. The number of aliphatic carboxylic acids is 1. The molecule has 4 fully saturated rings. The van der Waals surface area contributed by atoms with Crippen LogP contribution >= 0.6 is 0 Å². The van der Waals surface area contributed by atoms with Crippen LogP contribution in [-0.2, 0) is 9.59 Å². The molecule has 4 aliphatic rings. The number of aliphatic hydroxyl groups excluding tert-OH is 2. The van der Waals surface area contributed by atoms with Gasteiger partial charge in [0, 0.05) is 24.2 Å². The molecule has 0 bridgehead atoms. The van der Waals surface area contributed by atoms with Crippen LogP contribution in [0.4, 0.5) is 0 Å². The maximum absolute atomic E-state index is 13.4. The number of aliphatic hydroxyl groups is 2. The van der Waals surface area contributed by atoms with Gasteiger partial charge in [0.1, 0.15) is 5.78 Å². The van der Waals surface area contributed by atoms with Crippen molar-refractivity contribution in [2.24, 2.45) is 46.3 Å². The first-order chi connectivity index (χ1) is 13.6. The largest absolute Gasteiger partial charge is 0.481 e. The topological polar surface area (TPSA) is 94.8 Å². The SMILES string of the molecule is C[C@H](CCC(=O)O)[C@H]1CC[C@H]2[C@@H]3C(=O)C[C@H]4C[C@@H](O)CC[C@]4(C)[C@H]3C[C@H](O)[C@]12C. The lowest BCUT2D eigenvalue weighted by molar-refractivity contribution is -0.182. The molecule has 0 saturated heterocycles. The lowest BCUT2D eigenvalue weighted by atomic mass is 9.43. The first-order valence-corrected chi connectivity index (χ1v) is 11.7. The molecule has 0 aromatic rings. The number of ketones is 1. The lowest BCUT2D eigenvalue weighted by Crippen LogP contribution is -2.61. The molecule has 4 saturated carbocycles. The minimum absolute atomic E-state index is 0.0246. The number of carbonyl (C=O) groups is 2. The maximum Gasteiger partial charge on any atom is 0.303 e. The summed E-state index contributed by atoms with van der Waals surface area (Å²) in [5, 5.41) is 30.7. The van der Waals surface area contributed by atoms with E-state index in [0.717, 1.165) is 32.1 Å². The molecule has 5 nitrogen and oxygen atoms in total. The highest BCUT2D eigenvalue weighted by Crippen LogP contribution is 2.67. The number of carbonyl (C=O) groups excluding carboxylic acids is 1. The Morgan fingerprint density at radius 1 is 1.14 bits per heavy atom. The highest BCUT2D eigenvalue weighted by atomic mass is 16.4. The van der Waals surface area contributed by atoms with Gasteiger partial charge in [-0.1, -0.05) is 20.8 Å².